The van der Waals surface area contributed by atoms with Gasteiger partial charge in [0.15, 0.2) is 5.13 Å². The van der Waals surface area contributed by atoms with Crippen LogP contribution in [-0.2, 0) is 4.79 Å². The molecule has 25 heavy (non-hydrogen) atoms. The Bertz CT molecular complexity index is 857. The van der Waals surface area contributed by atoms with Crippen LogP contribution in [0.25, 0.3) is 10.2 Å². The Balaban J connectivity index is 1.39. The van der Waals surface area contributed by atoms with Gasteiger partial charge in [0.1, 0.15) is 17.0 Å². The molecule has 0 spiro atoms. The second-order valence-electron chi connectivity index (χ2n) is 5.86. The van der Waals surface area contributed by atoms with Gasteiger partial charge in [0, 0.05) is 37.8 Å². The fraction of sp³-hybridized carbons (Fsp3) is 0.375. The van der Waals surface area contributed by atoms with Crippen molar-refractivity contribution in [1.82, 2.24) is 19.9 Å². The molecule has 0 saturated carbocycles. The number of nitrogens with zero attached hydrogens (tertiary/aromatic N) is 5. The minimum absolute atomic E-state index is 0.00865. The molecule has 1 N–H and O–H groups in total. The van der Waals surface area contributed by atoms with Gasteiger partial charge < -0.3 is 10.2 Å². The van der Waals surface area contributed by atoms with Gasteiger partial charge in [0.05, 0.1) is 11.4 Å². The van der Waals surface area contributed by atoms with Crippen molar-refractivity contribution >= 4 is 49.7 Å². The Kier molecular flexibility index (Phi) is 4.60. The van der Waals surface area contributed by atoms with E-state index in [-0.39, 0.29) is 11.9 Å². The lowest BCUT2D eigenvalue weighted by molar-refractivity contribution is -0.120. The van der Waals surface area contributed by atoms with Crippen LogP contribution >= 0.6 is 22.7 Å². The van der Waals surface area contributed by atoms with Crippen LogP contribution in [0.5, 0.6) is 0 Å². The second-order valence-corrected chi connectivity index (χ2v) is 7.65. The van der Waals surface area contributed by atoms with Crippen LogP contribution in [0.4, 0.5) is 10.9 Å². The average molecular weight is 374 g/mol. The van der Waals surface area contributed by atoms with Crippen LogP contribution in [0.15, 0.2) is 29.4 Å². The number of amides is 1. The maximum Gasteiger partial charge on any atom is 0.243 e. The van der Waals surface area contributed by atoms with E-state index in [1.807, 2.05) is 17.7 Å². The molecule has 9 heteroatoms. The summed E-state index contributed by atoms with van der Waals surface area (Å²) in [7, 11) is 0. The molecule has 3 aromatic rings. The predicted molar refractivity (Wildman–Crippen MR) is 101 cm³/mol. The first kappa shape index (κ1) is 16.4. The van der Waals surface area contributed by atoms with Crippen molar-refractivity contribution in [1.29, 1.82) is 0 Å². The summed E-state index contributed by atoms with van der Waals surface area (Å²) in [4.78, 5) is 30.8. The van der Waals surface area contributed by atoms with E-state index < -0.39 is 0 Å². The van der Waals surface area contributed by atoms with Crippen molar-refractivity contribution in [2.24, 2.45) is 0 Å². The molecule has 1 unspecified atom stereocenters. The first-order valence-electron chi connectivity index (χ1n) is 8.10. The van der Waals surface area contributed by atoms with Crippen LogP contribution in [0.3, 0.4) is 0 Å². The molecule has 4 heterocycles. The Morgan fingerprint density at radius 3 is 2.76 bits per heavy atom. The molecule has 4 rings (SSSR count). The van der Waals surface area contributed by atoms with E-state index in [1.54, 1.807) is 23.9 Å². The normalized spacial score (nSPS) is 16.9. The van der Waals surface area contributed by atoms with Crippen molar-refractivity contribution in [3.8, 4) is 0 Å². The van der Waals surface area contributed by atoms with E-state index in [0.717, 1.165) is 42.2 Å². The number of piperazine rings is 1. The predicted octanol–water partition coefficient (Wildman–Crippen LogP) is 2.30. The summed E-state index contributed by atoms with van der Waals surface area (Å²) in [5, 5.41) is 8.53. The number of hydrogen-bond donors (Lipinski definition) is 1. The highest BCUT2D eigenvalue weighted by Gasteiger charge is 2.27. The topological polar surface area (TPSA) is 74.2 Å². The highest BCUT2D eigenvalue weighted by Crippen LogP contribution is 2.27. The molecule has 1 aliphatic heterocycles. The number of fused-ring (bicyclic) bond motifs is 1. The van der Waals surface area contributed by atoms with Crippen LogP contribution in [0.2, 0.25) is 0 Å². The van der Waals surface area contributed by atoms with Crippen molar-refractivity contribution in [2.45, 2.75) is 13.0 Å². The summed E-state index contributed by atoms with van der Waals surface area (Å²) in [5.74, 6) is 0.983. The maximum absolute atomic E-state index is 12.4. The highest BCUT2D eigenvalue weighted by atomic mass is 32.1. The molecular formula is C16H18N6OS2. The minimum Gasteiger partial charge on any atom is -0.353 e. The second kappa shape index (κ2) is 7.03. The van der Waals surface area contributed by atoms with E-state index in [9.17, 15) is 4.79 Å². The van der Waals surface area contributed by atoms with E-state index in [2.05, 4.69) is 36.1 Å². The zero-order valence-electron chi connectivity index (χ0n) is 13.8. The molecule has 1 saturated heterocycles. The number of thiazole rings is 1. The smallest absolute Gasteiger partial charge is 0.243 e. The van der Waals surface area contributed by atoms with Crippen molar-refractivity contribution in [3.63, 3.8) is 0 Å². The summed E-state index contributed by atoms with van der Waals surface area (Å²) in [5.41, 5.74) is 0. The molecule has 0 aliphatic carbocycles. The van der Waals surface area contributed by atoms with Crippen molar-refractivity contribution < 1.29 is 4.79 Å². The Hall–Kier alpha value is -2.10. The molecule has 0 aromatic carbocycles. The van der Waals surface area contributed by atoms with E-state index in [0.29, 0.717) is 5.13 Å². The van der Waals surface area contributed by atoms with Crippen LogP contribution in [-0.4, -0.2) is 58.0 Å². The molecule has 1 aliphatic rings. The summed E-state index contributed by atoms with van der Waals surface area (Å²) in [6, 6.07) is 1.89. The van der Waals surface area contributed by atoms with E-state index >= 15 is 0 Å². The molecule has 7 nitrogen and oxygen atoms in total. The molecular weight excluding hydrogens is 356 g/mol. The number of hydrogen-bond acceptors (Lipinski definition) is 8. The Morgan fingerprint density at radius 2 is 2.00 bits per heavy atom. The van der Waals surface area contributed by atoms with Crippen LogP contribution in [0.1, 0.15) is 6.92 Å². The molecule has 130 valence electrons. The first-order valence-corrected chi connectivity index (χ1v) is 9.86. The van der Waals surface area contributed by atoms with Crippen molar-refractivity contribution in [2.75, 3.05) is 36.4 Å². The third-order valence-electron chi connectivity index (χ3n) is 4.44. The van der Waals surface area contributed by atoms with E-state index in [4.69, 9.17) is 0 Å². The summed E-state index contributed by atoms with van der Waals surface area (Å²) in [6.07, 6.45) is 3.32. The lowest BCUT2D eigenvalue weighted by Crippen LogP contribution is -2.53. The SMILES string of the molecule is CC(C(=O)Nc1nccs1)N1CCN(c2ncnc3sccc23)CC1. The van der Waals surface area contributed by atoms with Crippen LogP contribution < -0.4 is 10.2 Å². The number of rotatable bonds is 4. The number of thiophene rings is 1. The lowest BCUT2D eigenvalue weighted by Gasteiger charge is -2.38. The molecule has 1 fully saturated rings. The zero-order chi connectivity index (χ0) is 17.2. The van der Waals surface area contributed by atoms with Gasteiger partial charge in [-0.25, -0.2) is 15.0 Å². The number of nitrogens with one attached hydrogen (secondary N) is 1. The van der Waals surface area contributed by atoms with Crippen LogP contribution in [0, 0.1) is 0 Å². The number of carbonyl (C=O) groups is 1. The van der Waals surface area contributed by atoms with E-state index in [1.165, 1.54) is 11.3 Å². The third-order valence-corrected chi connectivity index (χ3v) is 5.95. The van der Waals surface area contributed by atoms with Gasteiger partial charge in [-0.15, -0.1) is 22.7 Å². The lowest BCUT2D eigenvalue weighted by atomic mass is 10.2. The highest BCUT2D eigenvalue weighted by molar-refractivity contribution is 7.16. The maximum atomic E-state index is 12.4. The summed E-state index contributed by atoms with van der Waals surface area (Å²) in [6.45, 7) is 5.28. The van der Waals surface area contributed by atoms with Gasteiger partial charge in [-0.2, -0.15) is 0 Å². The quantitative estimate of drug-likeness (QED) is 0.755. The van der Waals surface area contributed by atoms with Crippen molar-refractivity contribution in [3.05, 3.63) is 29.4 Å². The number of aromatic nitrogens is 3. The zero-order valence-corrected chi connectivity index (χ0v) is 15.4. The molecule has 1 amide bonds. The minimum atomic E-state index is -0.183. The van der Waals surface area contributed by atoms with Gasteiger partial charge in [0.2, 0.25) is 5.91 Å². The molecule has 3 aromatic heterocycles. The Morgan fingerprint density at radius 1 is 1.16 bits per heavy atom. The standard InChI is InChI=1S/C16H18N6OS2/c1-11(14(23)20-16-17-3-9-25-16)21-4-6-22(7-5-21)13-12-2-8-24-15(12)19-10-18-13/h2-3,8-11H,4-7H2,1H3,(H,17,20,23). The fourth-order valence-corrected chi connectivity index (χ4v) is 4.27. The average Bonchev–Trinajstić information content (AvgIpc) is 3.32. The molecule has 0 bridgehead atoms. The molecule has 1 atom stereocenters. The van der Waals surface area contributed by atoms with Gasteiger partial charge >= 0.3 is 0 Å². The largest absolute Gasteiger partial charge is 0.353 e. The fourth-order valence-electron chi connectivity index (χ4n) is 3.01. The van der Waals surface area contributed by atoms with Gasteiger partial charge in [-0.3, -0.25) is 9.69 Å². The Labute approximate surface area is 153 Å². The number of anilines is 2. The first-order chi connectivity index (χ1) is 12.2. The molecule has 0 radical (unpaired) electrons. The van der Waals surface area contributed by atoms with Gasteiger partial charge in [-0.1, -0.05) is 0 Å². The third kappa shape index (κ3) is 3.35. The number of carbonyl (C=O) groups excluding carboxylic acids is 1. The monoisotopic (exact) mass is 374 g/mol. The summed E-state index contributed by atoms with van der Waals surface area (Å²) >= 11 is 3.06. The summed E-state index contributed by atoms with van der Waals surface area (Å²) < 4.78 is 0. The van der Waals surface area contributed by atoms with Gasteiger partial charge in [-0.05, 0) is 18.4 Å². The van der Waals surface area contributed by atoms with Gasteiger partial charge in [0.25, 0.3) is 0 Å².